The number of benzene rings is 3. The van der Waals surface area contributed by atoms with E-state index in [1.807, 2.05) is 6.07 Å². The number of aliphatic hydroxyl groups is 1. The Labute approximate surface area is 229 Å². The van der Waals surface area contributed by atoms with Crippen LogP contribution in [-0.2, 0) is 9.84 Å². The summed E-state index contributed by atoms with van der Waals surface area (Å²) in [5, 5.41) is 12.8. The highest BCUT2D eigenvalue weighted by molar-refractivity contribution is 7.91. The molecule has 2 fully saturated rings. The lowest BCUT2D eigenvalue weighted by Crippen LogP contribution is -2.32. The minimum Gasteiger partial charge on any atom is -0.490 e. The molecule has 2 N–H and O–H groups in total. The van der Waals surface area contributed by atoms with Gasteiger partial charge in [0.25, 0.3) is 5.91 Å². The largest absolute Gasteiger partial charge is 0.490 e. The molecule has 6 rings (SSSR count). The van der Waals surface area contributed by atoms with Gasteiger partial charge in [0.1, 0.15) is 12.4 Å². The molecule has 1 amide bonds. The van der Waals surface area contributed by atoms with Crippen molar-refractivity contribution in [2.24, 2.45) is 0 Å². The highest BCUT2D eigenvalue weighted by Gasteiger charge is 2.30. The molecule has 0 unspecified atom stereocenters. The van der Waals surface area contributed by atoms with E-state index in [4.69, 9.17) is 4.74 Å². The van der Waals surface area contributed by atoms with Crippen molar-refractivity contribution in [3.8, 4) is 5.75 Å². The van der Waals surface area contributed by atoms with Gasteiger partial charge in [0.15, 0.2) is 9.84 Å². The van der Waals surface area contributed by atoms with Gasteiger partial charge in [-0.3, -0.25) is 4.79 Å². The number of anilines is 2. The van der Waals surface area contributed by atoms with Crippen LogP contribution >= 0.6 is 0 Å². The number of fused-ring (bicyclic) bond motifs is 1. The Bertz CT molecular complexity index is 1460. The molecule has 0 saturated heterocycles. The van der Waals surface area contributed by atoms with Crippen LogP contribution in [0.15, 0.2) is 65.6 Å². The molecule has 2 aliphatic carbocycles. The number of carbonyl (C=O) groups is 1. The summed E-state index contributed by atoms with van der Waals surface area (Å²) in [5.41, 5.74) is 6.08. The lowest BCUT2D eigenvalue weighted by atomic mass is 10.0. The summed E-state index contributed by atoms with van der Waals surface area (Å²) in [7, 11) is -3.32. The molecule has 7 nitrogen and oxygen atoms in total. The zero-order chi connectivity index (χ0) is 27.1. The zero-order valence-electron chi connectivity index (χ0n) is 22.1. The summed E-state index contributed by atoms with van der Waals surface area (Å²) in [6.45, 7) is 2.55. The number of carbonyl (C=O) groups excluding carboxylic acids is 1. The quantitative estimate of drug-likeness (QED) is 0.382. The summed E-state index contributed by atoms with van der Waals surface area (Å²) in [6.07, 6.45) is 5.07. The van der Waals surface area contributed by atoms with Gasteiger partial charge in [-0.2, -0.15) is 0 Å². The third-order valence-electron chi connectivity index (χ3n) is 7.97. The van der Waals surface area contributed by atoms with Gasteiger partial charge < -0.3 is 20.1 Å². The monoisotopic (exact) mass is 546 g/mol. The van der Waals surface area contributed by atoms with Crippen molar-refractivity contribution in [1.82, 2.24) is 5.32 Å². The number of ether oxygens (including phenoxy) is 1. The van der Waals surface area contributed by atoms with E-state index in [1.54, 1.807) is 31.2 Å². The summed E-state index contributed by atoms with van der Waals surface area (Å²) >= 11 is 0. The van der Waals surface area contributed by atoms with Crippen molar-refractivity contribution in [1.29, 1.82) is 0 Å². The first-order chi connectivity index (χ1) is 18.9. The first-order valence-corrected chi connectivity index (χ1v) is 15.4. The minimum absolute atomic E-state index is 0.0119. The smallest absolute Gasteiger partial charge is 0.251 e. The SMILES string of the molecule is CCS(=O)(=O)c1ccc([C@H](CO)NC(=O)c2ccc3c(c2)OCCN3c2cc(C3CC3)cc(C3CC3)c2)cc1. The highest BCUT2D eigenvalue weighted by Crippen LogP contribution is 2.48. The first kappa shape index (κ1) is 25.9. The van der Waals surface area contributed by atoms with Crippen molar-refractivity contribution in [2.75, 3.05) is 30.4 Å². The van der Waals surface area contributed by atoms with E-state index in [1.165, 1.54) is 54.6 Å². The molecule has 3 aliphatic rings. The first-order valence-electron chi connectivity index (χ1n) is 13.8. The van der Waals surface area contributed by atoms with E-state index in [-0.39, 0.29) is 23.2 Å². The van der Waals surface area contributed by atoms with E-state index in [0.29, 0.717) is 35.3 Å². The van der Waals surface area contributed by atoms with Crippen LogP contribution in [0, 0.1) is 0 Å². The summed E-state index contributed by atoms with van der Waals surface area (Å²) < 4.78 is 30.2. The number of hydrogen-bond acceptors (Lipinski definition) is 6. The molecular weight excluding hydrogens is 512 g/mol. The second-order valence-corrected chi connectivity index (χ2v) is 13.0. The maximum absolute atomic E-state index is 13.2. The van der Waals surface area contributed by atoms with Crippen molar-refractivity contribution in [3.05, 3.63) is 82.9 Å². The summed E-state index contributed by atoms with van der Waals surface area (Å²) in [5.74, 6) is 1.70. The van der Waals surface area contributed by atoms with E-state index >= 15 is 0 Å². The molecule has 3 aromatic rings. The van der Waals surface area contributed by atoms with E-state index in [0.717, 1.165) is 12.2 Å². The van der Waals surface area contributed by atoms with Gasteiger partial charge in [-0.25, -0.2) is 8.42 Å². The predicted molar refractivity (Wildman–Crippen MR) is 151 cm³/mol. The third kappa shape index (κ3) is 5.40. The Morgan fingerprint density at radius 2 is 1.67 bits per heavy atom. The molecule has 1 atom stereocenters. The number of sulfone groups is 1. The maximum atomic E-state index is 13.2. The van der Waals surface area contributed by atoms with Crippen LogP contribution in [0.25, 0.3) is 0 Å². The van der Waals surface area contributed by atoms with E-state index in [2.05, 4.69) is 28.4 Å². The zero-order valence-corrected chi connectivity index (χ0v) is 22.9. The van der Waals surface area contributed by atoms with E-state index < -0.39 is 15.9 Å². The molecule has 8 heteroatoms. The Morgan fingerprint density at radius 3 is 2.26 bits per heavy atom. The summed E-state index contributed by atoms with van der Waals surface area (Å²) in [6, 6.07) is 18.1. The van der Waals surface area contributed by atoms with Crippen LogP contribution in [0.2, 0.25) is 0 Å². The second kappa shape index (κ2) is 10.3. The van der Waals surface area contributed by atoms with Crippen LogP contribution in [0.3, 0.4) is 0 Å². The molecule has 0 spiro atoms. The van der Waals surface area contributed by atoms with Gasteiger partial charge in [-0.15, -0.1) is 0 Å². The lowest BCUT2D eigenvalue weighted by Gasteiger charge is -2.32. The van der Waals surface area contributed by atoms with Gasteiger partial charge in [-0.1, -0.05) is 25.1 Å². The van der Waals surface area contributed by atoms with Crippen molar-refractivity contribution in [3.63, 3.8) is 0 Å². The van der Waals surface area contributed by atoms with Gasteiger partial charge in [0.05, 0.1) is 35.5 Å². The molecule has 3 aromatic carbocycles. The molecule has 0 bridgehead atoms. The normalized spacial score (nSPS) is 17.7. The average molecular weight is 547 g/mol. The van der Waals surface area contributed by atoms with Crippen LogP contribution in [0.1, 0.15) is 77.5 Å². The Morgan fingerprint density at radius 1 is 1.00 bits per heavy atom. The molecule has 1 aliphatic heterocycles. The number of rotatable bonds is 9. The average Bonchev–Trinajstić information content (AvgIpc) is 3.88. The molecule has 39 heavy (non-hydrogen) atoms. The number of nitrogens with one attached hydrogen (secondary N) is 1. The number of nitrogens with zero attached hydrogens (tertiary/aromatic N) is 1. The number of hydrogen-bond donors (Lipinski definition) is 2. The molecule has 1 heterocycles. The lowest BCUT2D eigenvalue weighted by molar-refractivity contribution is 0.0915. The fourth-order valence-corrected chi connectivity index (χ4v) is 6.18. The molecule has 204 valence electrons. The van der Waals surface area contributed by atoms with Crippen LogP contribution in [-0.4, -0.2) is 44.9 Å². The van der Waals surface area contributed by atoms with Crippen LogP contribution in [0.5, 0.6) is 5.75 Å². The van der Waals surface area contributed by atoms with Gasteiger partial charge >= 0.3 is 0 Å². The fraction of sp³-hybridized carbons (Fsp3) is 0.387. The molecule has 2 saturated carbocycles. The van der Waals surface area contributed by atoms with Crippen molar-refractivity contribution in [2.45, 2.75) is 55.4 Å². The van der Waals surface area contributed by atoms with Gasteiger partial charge in [0, 0.05) is 11.3 Å². The van der Waals surface area contributed by atoms with Crippen molar-refractivity contribution < 1.29 is 23.1 Å². The molecule has 0 aromatic heterocycles. The van der Waals surface area contributed by atoms with Crippen LogP contribution in [0.4, 0.5) is 11.4 Å². The van der Waals surface area contributed by atoms with E-state index in [9.17, 15) is 18.3 Å². The Hall–Kier alpha value is -3.36. The summed E-state index contributed by atoms with van der Waals surface area (Å²) in [4.78, 5) is 15.7. The van der Waals surface area contributed by atoms with Gasteiger partial charge in [0.2, 0.25) is 0 Å². The molecule has 0 radical (unpaired) electrons. The van der Waals surface area contributed by atoms with Crippen molar-refractivity contribution >= 4 is 27.1 Å². The Kier molecular flexibility index (Phi) is 6.85. The van der Waals surface area contributed by atoms with Gasteiger partial charge in [-0.05, 0) is 96.7 Å². The fourth-order valence-electron chi connectivity index (χ4n) is 5.30. The maximum Gasteiger partial charge on any atom is 0.251 e. The number of amides is 1. The Balaban J connectivity index is 1.22. The standard InChI is InChI=1S/C31H34N2O5S/c1-2-39(36,37)27-10-7-22(8-11-27)28(19-34)32-31(35)23-9-12-29-30(18-23)38-14-13-33(29)26-16-24(20-3-4-20)15-25(17-26)21-5-6-21/h7-12,15-18,20-21,28,34H,2-6,13-14,19H2,1H3,(H,32,35)/t28-/m0/s1. The predicted octanol–water partition coefficient (Wildman–Crippen LogP) is 5.23. The third-order valence-corrected chi connectivity index (χ3v) is 9.72. The second-order valence-electron chi connectivity index (χ2n) is 10.8. The topological polar surface area (TPSA) is 95.9 Å². The van der Waals surface area contributed by atoms with Crippen LogP contribution < -0.4 is 15.0 Å². The highest BCUT2D eigenvalue weighted by atomic mass is 32.2. The number of aliphatic hydroxyl groups excluding tert-OH is 1. The molecular formula is C31H34N2O5S. The minimum atomic E-state index is -3.32.